The Morgan fingerprint density at radius 2 is 1.92 bits per heavy atom. The van der Waals surface area contributed by atoms with Crippen molar-refractivity contribution in [2.24, 2.45) is 0 Å². The van der Waals surface area contributed by atoms with E-state index in [1.165, 1.54) is 0 Å². The van der Waals surface area contributed by atoms with Crippen molar-refractivity contribution in [3.05, 3.63) is 47.7 Å². The molecular formula is C19H25N3O3. The molecule has 6 heteroatoms. The Kier molecular flexibility index (Phi) is 6.62. The van der Waals surface area contributed by atoms with Gasteiger partial charge in [-0.05, 0) is 43.2 Å². The maximum atomic E-state index is 12.4. The molecule has 0 spiro atoms. The first-order valence-electron chi connectivity index (χ1n) is 8.29. The summed E-state index contributed by atoms with van der Waals surface area (Å²) in [4.78, 5) is 16.6. The lowest BCUT2D eigenvalue weighted by molar-refractivity contribution is 0.0951. The fourth-order valence-electron chi connectivity index (χ4n) is 2.28. The molecule has 2 rings (SSSR count). The van der Waals surface area contributed by atoms with Crippen molar-refractivity contribution in [3.8, 4) is 11.5 Å². The van der Waals surface area contributed by atoms with Crippen molar-refractivity contribution >= 4 is 11.7 Å². The van der Waals surface area contributed by atoms with E-state index in [4.69, 9.17) is 9.47 Å². The van der Waals surface area contributed by atoms with Gasteiger partial charge in [0.1, 0.15) is 5.82 Å². The number of anilines is 1. The van der Waals surface area contributed by atoms with Crippen molar-refractivity contribution in [2.75, 3.05) is 19.5 Å². The van der Waals surface area contributed by atoms with E-state index >= 15 is 0 Å². The molecule has 134 valence electrons. The quantitative estimate of drug-likeness (QED) is 0.770. The Morgan fingerprint density at radius 1 is 1.16 bits per heavy atom. The van der Waals surface area contributed by atoms with Gasteiger partial charge in [-0.3, -0.25) is 4.79 Å². The third kappa shape index (κ3) is 5.11. The Labute approximate surface area is 148 Å². The summed E-state index contributed by atoms with van der Waals surface area (Å²) in [6, 6.07) is 9.33. The number of rotatable bonds is 8. The molecule has 0 aliphatic carbocycles. The Morgan fingerprint density at radius 3 is 2.60 bits per heavy atom. The van der Waals surface area contributed by atoms with Crippen LogP contribution in [0.15, 0.2) is 36.5 Å². The van der Waals surface area contributed by atoms with Crippen LogP contribution in [0.4, 0.5) is 5.82 Å². The molecule has 1 aromatic heterocycles. The molecule has 25 heavy (non-hydrogen) atoms. The highest BCUT2D eigenvalue weighted by Gasteiger charge is 2.09. The van der Waals surface area contributed by atoms with Gasteiger partial charge < -0.3 is 20.1 Å². The lowest BCUT2D eigenvalue weighted by atomic mass is 10.2. The minimum absolute atomic E-state index is 0.149. The molecule has 2 aromatic rings. The monoisotopic (exact) mass is 343 g/mol. The Balaban J connectivity index is 2.01. The number of benzene rings is 1. The van der Waals surface area contributed by atoms with Crippen LogP contribution in [-0.4, -0.2) is 31.2 Å². The van der Waals surface area contributed by atoms with Crippen molar-refractivity contribution < 1.29 is 14.3 Å². The number of hydrogen-bond acceptors (Lipinski definition) is 5. The van der Waals surface area contributed by atoms with Gasteiger partial charge in [-0.2, -0.15) is 0 Å². The van der Waals surface area contributed by atoms with E-state index in [0.29, 0.717) is 35.5 Å². The van der Waals surface area contributed by atoms with Crippen LogP contribution in [0.25, 0.3) is 0 Å². The molecule has 0 fully saturated rings. The summed E-state index contributed by atoms with van der Waals surface area (Å²) in [6.45, 7) is 4.57. The second-order valence-electron chi connectivity index (χ2n) is 5.76. The van der Waals surface area contributed by atoms with Gasteiger partial charge in [-0.25, -0.2) is 4.98 Å². The highest BCUT2D eigenvalue weighted by Crippen LogP contribution is 2.27. The molecule has 0 saturated carbocycles. The number of nitrogens with one attached hydrogen (secondary N) is 2. The first-order valence-corrected chi connectivity index (χ1v) is 8.29. The second-order valence-corrected chi connectivity index (χ2v) is 5.76. The van der Waals surface area contributed by atoms with E-state index in [1.807, 2.05) is 18.2 Å². The maximum Gasteiger partial charge on any atom is 0.251 e. The molecule has 0 radical (unpaired) electrons. The lowest BCUT2D eigenvalue weighted by Crippen LogP contribution is -2.23. The van der Waals surface area contributed by atoms with Gasteiger partial charge in [0.25, 0.3) is 5.91 Å². The van der Waals surface area contributed by atoms with Gasteiger partial charge in [0, 0.05) is 24.3 Å². The predicted molar refractivity (Wildman–Crippen MR) is 98.3 cm³/mol. The SMILES string of the molecule is CCC(C)Nc1cc(C(=O)NCc2ccc(OC)c(OC)c2)ccn1. The molecule has 0 aliphatic heterocycles. The standard InChI is InChI=1S/C19H25N3O3/c1-5-13(2)22-18-11-15(8-9-20-18)19(23)21-12-14-6-7-16(24-3)17(10-14)25-4/h6-11,13H,5,12H2,1-4H3,(H,20,22)(H,21,23). The number of carbonyl (C=O) groups is 1. The summed E-state index contributed by atoms with van der Waals surface area (Å²) in [5.41, 5.74) is 1.50. The van der Waals surface area contributed by atoms with Gasteiger partial charge in [-0.15, -0.1) is 0 Å². The van der Waals surface area contributed by atoms with Crippen molar-refractivity contribution in [3.63, 3.8) is 0 Å². The van der Waals surface area contributed by atoms with E-state index in [-0.39, 0.29) is 5.91 Å². The van der Waals surface area contributed by atoms with E-state index in [2.05, 4.69) is 29.5 Å². The van der Waals surface area contributed by atoms with Crippen LogP contribution in [-0.2, 0) is 6.54 Å². The topological polar surface area (TPSA) is 72.5 Å². The average molecular weight is 343 g/mol. The molecule has 1 heterocycles. The highest BCUT2D eigenvalue weighted by molar-refractivity contribution is 5.94. The van der Waals surface area contributed by atoms with Crippen LogP contribution >= 0.6 is 0 Å². The summed E-state index contributed by atoms with van der Waals surface area (Å²) in [5, 5.41) is 6.17. The molecule has 0 aliphatic rings. The van der Waals surface area contributed by atoms with E-state index in [9.17, 15) is 4.79 Å². The number of ether oxygens (including phenoxy) is 2. The van der Waals surface area contributed by atoms with Crippen LogP contribution in [0, 0.1) is 0 Å². The number of amides is 1. The van der Waals surface area contributed by atoms with Gasteiger partial charge in [0.2, 0.25) is 0 Å². The van der Waals surface area contributed by atoms with Crippen molar-refractivity contribution in [2.45, 2.75) is 32.9 Å². The summed E-state index contributed by atoms with van der Waals surface area (Å²) in [5.74, 6) is 1.85. The van der Waals surface area contributed by atoms with Crippen LogP contribution in [0.5, 0.6) is 11.5 Å². The third-order valence-electron chi connectivity index (χ3n) is 3.93. The Hall–Kier alpha value is -2.76. The van der Waals surface area contributed by atoms with E-state index < -0.39 is 0 Å². The van der Waals surface area contributed by atoms with Crippen LogP contribution in [0.2, 0.25) is 0 Å². The normalized spacial score (nSPS) is 11.5. The van der Waals surface area contributed by atoms with Crippen LogP contribution in [0.3, 0.4) is 0 Å². The number of aromatic nitrogens is 1. The first-order chi connectivity index (χ1) is 12.1. The molecule has 1 aromatic carbocycles. The molecular weight excluding hydrogens is 318 g/mol. The molecule has 2 N–H and O–H groups in total. The molecule has 6 nitrogen and oxygen atoms in total. The van der Waals surface area contributed by atoms with Gasteiger partial charge in [-0.1, -0.05) is 13.0 Å². The number of methoxy groups -OCH3 is 2. The predicted octanol–water partition coefficient (Wildman–Crippen LogP) is 3.24. The average Bonchev–Trinajstić information content (AvgIpc) is 2.65. The van der Waals surface area contributed by atoms with Crippen LogP contribution < -0.4 is 20.1 Å². The zero-order chi connectivity index (χ0) is 18.2. The largest absolute Gasteiger partial charge is 0.493 e. The summed E-state index contributed by atoms with van der Waals surface area (Å²) in [6.07, 6.45) is 2.62. The minimum Gasteiger partial charge on any atom is -0.493 e. The fraction of sp³-hybridized carbons (Fsp3) is 0.368. The summed E-state index contributed by atoms with van der Waals surface area (Å²) < 4.78 is 10.5. The molecule has 0 saturated heterocycles. The van der Waals surface area contributed by atoms with Gasteiger partial charge in [0.05, 0.1) is 14.2 Å². The molecule has 0 bridgehead atoms. The first kappa shape index (κ1) is 18.6. The number of hydrogen-bond donors (Lipinski definition) is 2. The molecule has 1 amide bonds. The highest BCUT2D eigenvalue weighted by atomic mass is 16.5. The maximum absolute atomic E-state index is 12.4. The Bertz CT molecular complexity index is 719. The zero-order valence-corrected chi connectivity index (χ0v) is 15.1. The molecule has 1 atom stereocenters. The second kappa shape index (κ2) is 8.92. The molecule has 1 unspecified atom stereocenters. The summed E-state index contributed by atoms with van der Waals surface area (Å²) in [7, 11) is 3.18. The zero-order valence-electron chi connectivity index (χ0n) is 15.1. The lowest BCUT2D eigenvalue weighted by Gasteiger charge is -2.13. The van der Waals surface area contributed by atoms with Gasteiger partial charge in [0.15, 0.2) is 11.5 Å². The minimum atomic E-state index is -0.149. The fourth-order valence-corrected chi connectivity index (χ4v) is 2.28. The number of carbonyl (C=O) groups excluding carboxylic acids is 1. The van der Waals surface area contributed by atoms with Gasteiger partial charge >= 0.3 is 0 Å². The van der Waals surface area contributed by atoms with E-state index in [0.717, 1.165) is 12.0 Å². The number of nitrogens with zero attached hydrogens (tertiary/aromatic N) is 1. The van der Waals surface area contributed by atoms with Crippen molar-refractivity contribution in [1.82, 2.24) is 10.3 Å². The van der Waals surface area contributed by atoms with Crippen molar-refractivity contribution in [1.29, 1.82) is 0 Å². The smallest absolute Gasteiger partial charge is 0.251 e. The van der Waals surface area contributed by atoms with Crippen LogP contribution in [0.1, 0.15) is 36.2 Å². The van der Waals surface area contributed by atoms with E-state index in [1.54, 1.807) is 32.5 Å². The third-order valence-corrected chi connectivity index (χ3v) is 3.93. The number of pyridine rings is 1. The summed E-state index contributed by atoms with van der Waals surface area (Å²) >= 11 is 0.